The maximum atomic E-state index is 15.7. The van der Waals surface area contributed by atoms with Gasteiger partial charge in [-0.1, -0.05) is 17.7 Å². The zero-order valence-corrected chi connectivity index (χ0v) is 35.9. The molecule has 4 amide bonds. The van der Waals surface area contributed by atoms with E-state index < -0.39 is 23.7 Å². The molecule has 16 nitrogen and oxygen atoms in total. The number of piperidine rings is 3. The Morgan fingerprint density at radius 1 is 1.02 bits per heavy atom. The molecule has 4 aliphatic heterocycles. The number of benzene rings is 2. The maximum Gasteiger partial charge on any atom is 0.293 e. The molecule has 62 heavy (non-hydrogen) atoms. The maximum absolute atomic E-state index is 15.7. The molecule has 4 aliphatic rings. The molecule has 2 aromatic carbocycles. The second-order valence-electron chi connectivity index (χ2n) is 17.2. The predicted octanol–water partition coefficient (Wildman–Crippen LogP) is 4.39. The van der Waals surface area contributed by atoms with Gasteiger partial charge in [0, 0.05) is 76.4 Å². The van der Waals surface area contributed by atoms with Crippen molar-refractivity contribution >= 4 is 69.3 Å². The number of halogens is 2. The van der Waals surface area contributed by atoms with Crippen LogP contribution in [-0.2, 0) is 14.4 Å². The smallest absolute Gasteiger partial charge is 0.293 e. The number of fused-ring (bicyclic) bond motifs is 1. The number of hydrogen-bond acceptors (Lipinski definition) is 12. The lowest BCUT2D eigenvalue weighted by Gasteiger charge is -2.55. The first-order chi connectivity index (χ1) is 29.8. The van der Waals surface area contributed by atoms with Crippen molar-refractivity contribution in [3.63, 3.8) is 0 Å². The third-order valence-electron chi connectivity index (χ3n) is 12.6. The quantitative estimate of drug-likeness (QED) is 0.148. The summed E-state index contributed by atoms with van der Waals surface area (Å²) in [6, 6.07) is 11.0. The van der Waals surface area contributed by atoms with Gasteiger partial charge >= 0.3 is 0 Å². The summed E-state index contributed by atoms with van der Waals surface area (Å²) < 4.78 is 23.0. The van der Waals surface area contributed by atoms with Gasteiger partial charge in [0.2, 0.25) is 17.8 Å². The summed E-state index contributed by atoms with van der Waals surface area (Å²) in [5.41, 5.74) is 1.61. The number of carbonyl (C=O) groups excluding carboxylic acids is 4. The molecule has 2 aromatic heterocycles. The molecule has 4 fully saturated rings. The van der Waals surface area contributed by atoms with Crippen LogP contribution in [0.3, 0.4) is 0 Å². The lowest BCUT2D eigenvalue weighted by atomic mass is 9.71. The Hall–Kier alpha value is -5.81. The summed E-state index contributed by atoms with van der Waals surface area (Å²) in [6.45, 7) is 9.64. The Kier molecular flexibility index (Phi) is 12.4. The van der Waals surface area contributed by atoms with E-state index >= 15 is 4.39 Å². The largest absolute Gasteiger partial charge is 0.478 e. The molecule has 0 radical (unpaired) electrons. The van der Waals surface area contributed by atoms with Crippen LogP contribution in [0.1, 0.15) is 68.8 Å². The molecule has 8 rings (SSSR count). The number of aromatic nitrogens is 3. The molecule has 0 bridgehead atoms. The second-order valence-corrected chi connectivity index (χ2v) is 17.6. The van der Waals surface area contributed by atoms with Crippen LogP contribution in [0.15, 0.2) is 53.5 Å². The Morgan fingerprint density at radius 3 is 2.48 bits per heavy atom. The standard InChI is InChI=1S/C44H52ClFN10O6/c1-26(2)56-33-9-7-29(19-28(33)20-35(42(56)61)62-23-37(58)47-3)49-39-31(45)21-48-43(52-39)55-15-11-27(12-16-55)22-53-24-44(25-53)13-17-54(18-14-44)34-6-4-5-30(38(34)46)40(59)50-32-8-10-36(57)51-41(32)60/h4-7,9,19-21,26-27,32H,8,10-18,22-25H2,1-3H3,(H,47,58)(H,50,59)(H,48,49,52)(H,51,57,60). The number of carbonyl (C=O) groups is 4. The molecular weight excluding hydrogens is 819 g/mol. The SMILES string of the molecule is CNC(=O)COc1cc2cc(Nc3nc(N4CCC(CN5CC6(CCN(c7cccc(C(=O)NC8CCC(=O)NC8=O)c7F)CC6)C5)CC4)ncc3Cl)ccc2n(C(C)C)c1=O. The molecule has 1 unspecified atom stereocenters. The molecule has 18 heteroatoms. The van der Waals surface area contributed by atoms with Crippen molar-refractivity contribution in [3.8, 4) is 5.75 Å². The highest BCUT2D eigenvalue weighted by Crippen LogP contribution is 2.43. The van der Waals surface area contributed by atoms with Crippen LogP contribution in [0, 0.1) is 17.2 Å². The van der Waals surface area contributed by atoms with Crippen molar-refractivity contribution in [3.05, 3.63) is 75.4 Å². The number of anilines is 4. The number of hydrogen-bond donors (Lipinski definition) is 4. The fourth-order valence-corrected chi connectivity index (χ4v) is 9.36. The molecular formula is C44H52ClFN10O6. The molecule has 4 saturated heterocycles. The number of rotatable bonds is 12. The topological polar surface area (TPSA) is 183 Å². The zero-order chi connectivity index (χ0) is 43.7. The molecule has 0 saturated carbocycles. The van der Waals surface area contributed by atoms with Crippen molar-refractivity contribution in [2.24, 2.45) is 11.3 Å². The molecule has 4 N–H and O–H groups in total. The second kappa shape index (κ2) is 17.9. The first kappa shape index (κ1) is 42.9. The van der Waals surface area contributed by atoms with Crippen molar-refractivity contribution < 1.29 is 28.3 Å². The lowest BCUT2D eigenvalue weighted by Crippen LogP contribution is -2.61. The van der Waals surface area contributed by atoms with E-state index in [9.17, 15) is 24.0 Å². The minimum absolute atomic E-state index is 0.0874. The summed E-state index contributed by atoms with van der Waals surface area (Å²) in [4.78, 5) is 77.8. The van der Waals surface area contributed by atoms with Crippen LogP contribution in [0.4, 0.5) is 27.5 Å². The number of likely N-dealkylation sites (tertiary alicyclic amines) is 1. The van der Waals surface area contributed by atoms with Gasteiger partial charge in [0.1, 0.15) is 11.1 Å². The monoisotopic (exact) mass is 870 g/mol. The Balaban J connectivity index is 0.823. The normalized spacial score (nSPS) is 19.4. The lowest BCUT2D eigenvalue weighted by molar-refractivity contribution is -0.134. The third-order valence-corrected chi connectivity index (χ3v) is 12.9. The van der Waals surface area contributed by atoms with Gasteiger partial charge < -0.3 is 40.0 Å². The van der Waals surface area contributed by atoms with Crippen LogP contribution in [-0.4, -0.2) is 109 Å². The van der Waals surface area contributed by atoms with E-state index in [1.165, 1.54) is 13.1 Å². The highest BCUT2D eigenvalue weighted by atomic mass is 35.5. The summed E-state index contributed by atoms with van der Waals surface area (Å²) in [5.74, 6) is -0.864. The van der Waals surface area contributed by atoms with Crippen LogP contribution in [0.25, 0.3) is 10.9 Å². The molecule has 328 valence electrons. The number of likely N-dealkylation sites (N-methyl/N-ethyl adjacent to an activating group) is 1. The number of pyridine rings is 1. The number of nitrogens with zero attached hydrogens (tertiary/aromatic N) is 6. The Bertz CT molecular complexity index is 2440. The number of imide groups is 1. The third kappa shape index (κ3) is 9.05. The first-order valence-electron chi connectivity index (χ1n) is 21.3. The van der Waals surface area contributed by atoms with Gasteiger partial charge in [-0.2, -0.15) is 4.98 Å². The average Bonchev–Trinajstić information content (AvgIpc) is 3.24. The van der Waals surface area contributed by atoms with E-state index in [-0.39, 0.29) is 59.6 Å². The Labute approximate surface area is 363 Å². The van der Waals surface area contributed by atoms with Gasteiger partial charge in [-0.05, 0) is 93.7 Å². The Morgan fingerprint density at radius 2 is 1.77 bits per heavy atom. The van der Waals surface area contributed by atoms with E-state index in [0.717, 1.165) is 69.3 Å². The molecule has 1 spiro atoms. The summed E-state index contributed by atoms with van der Waals surface area (Å²) in [5, 5.41) is 11.8. The molecule has 4 aromatic rings. The average molecular weight is 871 g/mol. The fraction of sp³-hybridized carbons (Fsp3) is 0.477. The minimum Gasteiger partial charge on any atom is -0.478 e. The van der Waals surface area contributed by atoms with Crippen molar-refractivity contribution in [1.82, 2.24) is 35.4 Å². The van der Waals surface area contributed by atoms with Gasteiger partial charge in [-0.25, -0.2) is 9.37 Å². The van der Waals surface area contributed by atoms with E-state index in [1.54, 1.807) is 29.0 Å². The first-order valence-corrected chi connectivity index (χ1v) is 21.6. The summed E-state index contributed by atoms with van der Waals surface area (Å²) in [7, 11) is 1.51. The molecule has 6 heterocycles. The van der Waals surface area contributed by atoms with E-state index in [0.29, 0.717) is 47.2 Å². The fourth-order valence-electron chi connectivity index (χ4n) is 9.22. The summed E-state index contributed by atoms with van der Waals surface area (Å²) in [6.07, 6.45) is 5.80. The van der Waals surface area contributed by atoms with E-state index in [4.69, 9.17) is 21.3 Å². The molecule has 1 atom stereocenters. The zero-order valence-electron chi connectivity index (χ0n) is 35.1. The number of nitrogens with one attached hydrogen (secondary N) is 4. The van der Waals surface area contributed by atoms with Crippen LogP contribution >= 0.6 is 11.6 Å². The number of ether oxygens (including phenoxy) is 1. The van der Waals surface area contributed by atoms with Gasteiger partial charge in [0.05, 0.1) is 23.0 Å². The minimum atomic E-state index is -0.874. The van der Waals surface area contributed by atoms with E-state index in [2.05, 4.69) is 36.1 Å². The van der Waals surface area contributed by atoms with Gasteiger partial charge in [0.25, 0.3) is 17.4 Å². The summed E-state index contributed by atoms with van der Waals surface area (Å²) >= 11 is 6.60. The van der Waals surface area contributed by atoms with Crippen molar-refractivity contribution in [2.45, 2.75) is 64.5 Å². The van der Waals surface area contributed by atoms with Crippen LogP contribution in [0.5, 0.6) is 5.75 Å². The van der Waals surface area contributed by atoms with Gasteiger partial charge in [0.15, 0.2) is 24.0 Å². The van der Waals surface area contributed by atoms with E-state index in [1.807, 2.05) is 36.9 Å². The van der Waals surface area contributed by atoms with Crippen LogP contribution in [0.2, 0.25) is 5.02 Å². The van der Waals surface area contributed by atoms with Crippen LogP contribution < -0.4 is 41.4 Å². The van der Waals surface area contributed by atoms with Gasteiger partial charge in [-0.3, -0.25) is 29.3 Å². The molecule has 0 aliphatic carbocycles. The van der Waals surface area contributed by atoms with Crippen molar-refractivity contribution in [2.75, 3.05) is 74.6 Å². The predicted molar refractivity (Wildman–Crippen MR) is 234 cm³/mol. The highest BCUT2D eigenvalue weighted by Gasteiger charge is 2.45. The van der Waals surface area contributed by atoms with Gasteiger partial charge in [-0.15, -0.1) is 0 Å². The highest BCUT2D eigenvalue weighted by molar-refractivity contribution is 6.33. The van der Waals surface area contributed by atoms with Crippen molar-refractivity contribution in [1.29, 1.82) is 0 Å². The number of amides is 4.